The SMILES string of the molecule is CC1C=CC=CC1(Br)NC(N)=NC1CCCCC1. The Bertz CT molecular complexity index is 369. The average Bonchev–Trinajstić information content (AvgIpc) is 2.34. The first-order valence-corrected chi connectivity index (χ1v) is 7.56. The molecule has 4 heteroatoms. The van der Waals surface area contributed by atoms with Crippen molar-refractivity contribution in [3.05, 3.63) is 24.3 Å². The van der Waals surface area contributed by atoms with E-state index in [4.69, 9.17) is 5.73 Å². The molecule has 2 rings (SSSR count). The Hall–Kier alpha value is -0.770. The molecule has 2 aliphatic rings. The standard InChI is InChI=1S/C14H22BrN3/c1-11-7-5-6-10-14(11,15)18-13(16)17-12-8-3-2-4-9-12/h5-7,10-12H,2-4,8-9H2,1H3,(H3,16,17,18). The van der Waals surface area contributed by atoms with Crippen molar-refractivity contribution in [1.29, 1.82) is 0 Å². The summed E-state index contributed by atoms with van der Waals surface area (Å²) in [6.45, 7) is 2.15. The van der Waals surface area contributed by atoms with Gasteiger partial charge >= 0.3 is 0 Å². The summed E-state index contributed by atoms with van der Waals surface area (Å²) < 4.78 is -0.302. The zero-order valence-electron chi connectivity index (χ0n) is 10.9. The summed E-state index contributed by atoms with van der Waals surface area (Å²) in [6.07, 6.45) is 14.5. The Morgan fingerprint density at radius 2 is 2.06 bits per heavy atom. The van der Waals surface area contributed by atoms with Crippen LogP contribution >= 0.6 is 15.9 Å². The van der Waals surface area contributed by atoms with Gasteiger partial charge in [0.25, 0.3) is 0 Å². The lowest BCUT2D eigenvalue weighted by Crippen LogP contribution is -2.50. The average molecular weight is 312 g/mol. The molecule has 2 aliphatic carbocycles. The largest absolute Gasteiger partial charge is 0.370 e. The molecular formula is C14H22BrN3. The number of aliphatic imine (C=N–C) groups is 1. The van der Waals surface area contributed by atoms with Gasteiger partial charge in [0, 0.05) is 5.92 Å². The molecule has 0 aliphatic heterocycles. The number of hydrogen-bond donors (Lipinski definition) is 2. The van der Waals surface area contributed by atoms with Gasteiger partial charge in [0.15, 0.2) is 5.96 Å². The number of rotatable bonds is 2. The second kappa shape index (κ2) is 5.91. The minimum absolute atomic E-state index is 0.302. The molecule has 0 bridgehead atoms. The topological polar surface area (TPSA) is 50.4 Å². The molecule has 0 aromatic carbocycles. The fourth-order valence-electron chi connectivity index (χ4n) is 2.51. The van der Waals surface area contributed by atoms with Gasteiger partial charge in [0.05, 0.1) is 6.04 Å². The van der Waals surface area contributed by atoms with Crippen LogP contribution in [0.3, 0.4) is 0 Å². The van der Waals surface area contributed by atoms with Crippen LogP contribution in [0.1, 0.15) is 39.0 Å². The van der Waals surface area contributed by atoms with Gasteiger partial charge in [-0.15, -0.1) is 0 Å². The Balaban J connectivity index is 1.97. The van der Waals surface area contributed by atoms with Crippen molar-refractivity contribution in [2.45, 2.75) is 49.5 Å². The monoisotopic (exact) mass is 311 g/mol. The molecule has 0 radical (unpaired) electrons. The zero-order chi connectivity index (χ0) is 13.0. The smallest absolute Gasteiger partial charge is 0.190 e. The van der Waals surface area contributed by atoms with Crippen LogP contribution in [-0.2, 0) is 0 Å². The highest BCUT2D eigenvalue weighted by molar-refractivity contribution is 9.10. The Morgan fingerprint density at radius 1 is 1.33 bits per heavy atom. The normalized spacial score (nSPS) is 33.7. The number of guanidine groups is 1. The van der Waals surface area contributed by atoms with Gasteiger partial charge in [-0.25, -0.2) is 0 Å². The number of nitrogens with zero attached hydrogens (tertiary/aromatic N) is 1. The third-order valence-corrected chi connectivity index (χ3v) is 4.91. The van der Waals surface area contributed by atoms with Crippen molar-refractivity contribution in [1.82, 2.24) is 5.32 Å². The number of alkyl halides is 1. The molecule has 18 heavy (non-hydrogen) atoms. The lowest BCUT2D eigenvalue weighted by atomic mass is 9.96. The number of nitrogens with two attached hydrogens (primary N) is 1. The summed E-state index contributed by atoms with van der Waals surface area (Å²) in [5.41, 5.74) is 6.03. The minimum atomic E-state index is -0.302. The molecule has 1 fully saturated rings. The van der Waals surface area contributed by atoms with E-state index in [1.165, 1.54) is 32.1 Å². The van der Waals surface area contributed by atoms with E-state index in [-0.39, 0.29) is 4.45 Å². The quantitative estimate of drug-likeness (QED) is 0.356. The molecule has 0 saturated heterocycles. The van der Waals surface area contributed by atoms with Gasteiger partial charge in [-0.3, -0.25) is 4.99 Å². The van der Waals surface area contributed by atoms with Crippen LogP contribution in [0.4, 0.5) is 0 Å². The summed E-state index contributed by atoms with van der Waals surface area (Å²) in [6, 6.07) is 0.403. The van der Waals surface area contributed by atoms with Gasteiger partial charge < -0.3 is 11.1 Å². The van der Waals surface area contributed by atoms with Crippen LogP contribution < -0.4 is 11.1 Å². The van der Waals surface area contributed by atoms with Crippen LogP contribution in [0.15, 0.2) is 29.3 Å². The molecule has 1 saturated carbocycles. The summed E-state index contributed by atoms with van der Waals surface area (Å²) in [4.78, 5) is 4.61. The van der Waals surface area contributed by atoms with E-state index < -0.39 is 0 Å². The molecular weight excluding hydrogens is 290 g/mol. The number of hydrogen-bond acceptors (Lipinski definition) is 1. The first kappa shape index (κ1) is 13.7. The van der Waals surface area contributed by atoms with Crippen molar-refractivity contribution >= 4 is 21.9 Å². The zero-order valence-corrected chi connectivity index (χ0v) is 12.5. The predicted molar refractivity (Wildman–Crippen MR) is 80.7 cm³/mol. The van der Waals surface area contributed by atoms with Crippen molar-refractivity contribution in [2.24, 2.45) is 16.6 Å². The summed E-state index contributed by atoms with van der Waals surface area (Å²) in [7, 11) is 0. The maximum Gasteiger partial charge on any atom is 0.190 e. The number of nitrogens with one attached hydrogen (secondary N) is 1. The molecule has 0 aromatic rings. The van der Waals surface area contributed by atoms with Crippen molar-refractivity contribution < 1.29 is 0 Å². The third-order valence-electron chi connectivity index (χ3n) is 3.73. The van der Waals surface area contributed by atoms with E-state index >= 15 is 0 Å². The lowest BCUT2D eigenvalue weighted by molar-refractivity contribution is 0.440. The van der Waals surface area contributed by atoms with E-state index in [0.29, 0.717) is 17.9 Å². The Kier molecular flexibility index (Phi) is 4.49. The lowest BCUT2D eigenvalue weighted by Gasteiger charge is -2.32. The molecule has 2 unspecified atom stereocenters. The summed E-state index contributed by atoms with van der Waals surface area (Å²) in [5, 5.41) is 3.30. The molecule has 0 heterocycles. The highest BCUT2D eigenvalue weighted by atomic mass is 79.9. The maximum absolute atomic E-state index is 6.03. The Morgan fingerprint density at radius 3 is 2.72 bits per heavy atom. The molecule has 0 amide bonds. The van der Waals surface area contributed by atoms with Crippen LogP contribution in [0.25, 0.3) is 0 Å². The highest BCUT2D eigenvalue weighted by Crippen LogP contribution is 2.30. The number of allylic oxidation sites excluding steroid dienone is 2. The van der Waals surface area contributed by atoms with Gasteiger partial charge in [-0.2, -0.15) is 0 Å². The van der Waals surface area contributed by atoms with Crippen LogP contribution in [-0.4, -0.2) is 16.4 Å². The van der Waals surface area contributed by atoms with Gasteiger partial charge in [-0.05, 0) is 18.9 Å². The van der Waals surface area contributed by atoms with E-state index in [1.54, 1.807) is 0 Å². The fraction of sp³-hybridized carbons (Fsp3) is 0.643. The maximum atomic E-state index is 6.03. The highest BCUT2D eigenvalue weighted by Gasteiger charge is 2.31. The second-order valence-electron chi connectivity index (χ2n) is 5.23. The first-order chi connectivity index (χ1) is 8.60. The van der Waals surface area contributed by atoms with Crippen LogP contribution in [0.2, 0.25) is 0 Å². The van der Waals surface area contributed by atoms with Gasteiger partial charge in [0.1, 0.15) is 4.45 Å². The molecule has 0 spiro atoms. The molecule has 3 N–H and O–H groups in total. The molecule has 100 valence electrons. The first-order valence-electron chi connectivity index (χ1n) is 6.76. The van der Waals surface area contributed by atoms with E-state index in [2.05, 4.69) is 51.4 Å². The van der Waals surface area contributed by atoms with Crippen LogP contribution in [0.5, 0.6) is 0 Å². The summed E-state index contributed by atoms with van der Waals surface area (Å²) >= 11 is 3.72. The molecule has 0 aromatic heterocycles. The third kappa shape index (κ3) is 3.37. The van der Waals surface area contributed by atoms with Crippen LogP contribution in [0, 0.1) is 5.92 Å². The number of halogens is 1. The van der Waals surface area contributed by atoms with E-state index in [9.17, 15) is 0 Å². The van der Waals surface area contributed by atoms with E-state index in [1.807, 2.05) is 6.08 Å². The predicted octanol–water partition coefficient (Wildman–Crippen LogP) is 3.08. The van der Waals surface area contributed by atoms with Crippen molar-refractivity contribution in [3.63, 3.8) is 0 Å². The van der Waals surface area contributed by atoms with Crippen molar-refractivity contribution in [2.75, 3.05) is 0 Å². The minimum Gasteiger partial charge on any atom is -0.370 e. The fourth-order valence-corrected chi connectivity index (χ4v) is 3.02. The Labute approximate surface area is 118 Å². The summed E-state index contributed by atoms with van der Waals surface area (Å²) in [5.74, 6) is 0.883. The molecule has 2 atom stereocenters. The second-order valence-corrected chi connectivity index (χ2v) is 6.54. The van der Waals surface area contributed by atoms with Gasteiger partial charge in [0.2, 0.25) is 0 Å². The van der Waals surface area contributed by atoms with E-state index in [0.717, 1.165) is 0 Å². The van der Waals surface area contributed by atoms with Gasteiger partial charge in [-0.1, -0.05) is 60.3 Å². The van der Waals surface area contributed by atoms with Crippen molar-refractivity contribution in [3.8, 4) is 0 Å². The molecule has 3 nitrogen and oxygen atoms in total.